The number of hydrogen-bond donors (Lipinski definition) is 0. The minimum absolute atomic E-state index is 0.167. The first-order valence-corrected chi connectivity index (χ1v) is 7.43. The topological polar surface area (TPSA) is 29.5 Å². The Morgan fingerprint density at radius 2 is 2.20 bits per heavy atom. The molecule has 1 aliphatic heterocycles. The minimum atomic E-state index is -1.10. The van der Waals surface area contributed by atoms with E-state index in [9.17, 15) is 13.6 Å². The van der Waals surface area contributed by atoms with Gasteiger partial charge in [0.2, 0.25) is 0 Å². The SMILES string of the molecule is CC1(C)CN(C(=O)c2cccc(F)c2F)CC(CBr)O1. The molecule has 1 aliphatic rings. The molecule has 2 rings (SSSR count). The van der Waals surface area contributed by atoms with Crippen LogP contribution < -0.4 is 0 Å². The Bertz CT molecular complexity index is 522. The molecule has 1 aromatic rings. The maximum Gasteiger partial charge on any atom is 0.257 e. The third kappa shape index (κ3) is 3.17. The van der Waals surface area contributed by atoms with Crippen molar-refractivity contribution in [3.63, 3.8) is 0 Å². The molecule has 1 saturated heterocycles. The van der Waals surface area contributed by atoms with Crippen molar-refractivity contribution in [1.82, 2.24) is 4.90 Å². The fourth-order valence-electron chi connectivity index (χ4n) is 2.37. The summed E-state index contributed by atoms with van der Waals surface area (Å²) in [6.07, 6.45) is -0.167. The van der Waals surface area contributed by atoms with Crippen molar-refractivity contribution >= 4 is 21.8 Å². The molecular formula is C14H16BrF2NO2. The van der Waals surface area contributed by atoms with Crippen LogP contribution in [-0.4, -0.2) is 40.9 Å². The van der Waals surface area contributed by atoms with Crippen LogP contribution in [0.5, 0.6) is 0 Å². The summed E-state index contributed by atoms with van der Waals surface area (Å²) in [5, 5.41) is 0.575. The fourth-order valence-corrected chi connectivity index (χ4v) is 2.71. The Labute approximate surface area is 125 Å². The second kappa shape index (κ2) is 5.77. The Balaban J connectivity index is 2.26. The zero-order chi connectivity index (χ0) is 14.9. The normalized spacial score (nSPS) is 21.9. The zero-order valence-corrected chi connectivity index (χ0v) is 12.9. The summed E-state index contributed by atoms with van der Waals surface area (Å²) >= 11 is 3.32. The zero-order valence-electron chi connectivity index (χ0n) is 11.3. The van der Waals surface area contributed by atoms with Crippen molar-refractivity contribution in [3.8, 4) is 0 Å². The molecule has 3 nitrogen and oxygen atoms in total. The molecule has 0 aliphatic carbocycles. The average Bonchev–Trinajstić information content (AvgIpc) is 2.39. The van der Waals surface area contributed by atoms with Gasteiger partial charge in [-0.3, -0.25) is 4.79 Å². The molecule has 1 atom stereocenters. The molecule has 1 amide bonds. The van der Waals surface area contributed by atoms with Crippen molar-refractivity contribution in [3.05, 3.63) is 35.4 Å². The lowest BCUT2D eigenvalue weighted by atomic mass is 10.0. The van der Waals surface area contributed by atoms with Gasteiger partial charge >= 0.3 is 0 Å². The summed E-state index contributed by atoms with van der Waals surface area (Å²) in [6.45, 7) is 4.42. The van der Waals surface area contributed by atoms with Gasteiger partial charge < -0.3 is 9.64 Å². The Hall–Kier alpha value is -1.01. The molecular weight excluding hydrogens is 332 g/mol. The van der Waals surface area contributed by atoms with Crippen molar-refractivity contribution in [2.24, 2.45) is 0 Å². The second-order valence-corrected chi connectivity index (χ2v) is 6.09. The predicted octanol–water partition coefficient (Wildman–Crippen LogP) is 2.98. The average molecular weight is 348 g/mol. The quantitative estimate of drug-likeness (QED) is 0.769. The number of alkyl halides is 1. The molecule has 0 spiro atoms. The molecule has 0 aromatic heterocycles. The summed E-state index contributed by atoms with van der Waals surface area (Å²) in [7, 11) is 0. The van der Waals surface area contributed by atoms with E-state index >= 15 is 0 Å². The van der Waals surface area contributed by atoms with Crippen LogP contribution in [0, 0.1) is 11.6 Å². The number of halogens is 3. The second-order valence-electron chi connectivity index (χ2n) is 5.44. The molecule has 0 radical (unpaired) electrons. The highest BCUT2D eigenvalue weighted by Crippen LogP contribution is 2.24. The van der Waals surface area contributed by atoms with Crippen LogP contribution in [-0.2, 0) is 4.74 Å². The smallest absolute Gasteiger partial charge is 0.257 e. The van der Waals surface area contributed by atoms with Gasteiger partial charge in [-0.05, 0) is 26.0 Å². The third-order valence-electron chi connectivity index (χ3n) is 3.12. The van der Waals surface area contributed by atoms with Gasteiger partial charge in [-0.1, -0.05) is 22.0 Å². The van der Waals surface area contributed by atoms with E-state index in [-0.39, 0.29) is 11.7 Å². The van der Waals surface area contributed by atoms with Crippen molar-refractivity contribution in [2.45, 2.75) is 25.6 Å². The molecule has 1 heterocycles. The number of ether oxygens (including phenoxy) is 1. The van der Waals surface area contributed by atoms with E-state index in [2.05, 4.69) is 15.9 Å². The van der Waals surface area contributed by atoms with Crippen molar-refractivity contribution in [2.75, 3.05) is 18.4 Å². The van der Waals surface area contributed by atoms with Crippen molar-refractivity contribution in [1.29, 1.82) is 0 Å². The summed E-state index contributed by atoms with van der Waals surface area (Å²) < 4.78 is 32.7. The Morgan fingerprint density at radius 1 is 1.50 bits per heavy atom. The first-order valence-electron chi connectivity index (χ1n) is 6.31. The number of amides is 1. The van der Waals surface area contributed by atoms with Crippen LogP contribution in [0.1, 0.15) is 24.2 Å². The van der Waals surface area contributed by atoms with E-state index < -0.39 is 23.1 Å². The molecule has 0 saturated carbocycles. The summed E-state index contributed by atoms with van der Waals surface area (Å²) in [4.78, 5) is 13.9. The van der Waals surface area contributed by atoms with Gasteiger partial charge in [-0.15, -0.1) is 0 Å². The van der Waals surface area contributed by atoms with E-state index in [1.165, 1.54) is 17.0 Å². The van der Waals surface area contributed by atoms with Gasteiger partial charge in [-0.25, -0.2) is 8.78 Å². The van der Waals surface area contributed by atoms with Gasteiger partial charge in [-0.2, -0.15) is 0 Å². The summed E-state index contributed by atoms with van der Waals surface area (Å²) in [5.74, 6) is -2.62. The standard InChI is InChI=1S/C14H16BrF2NO2/c1-14(2)8-18(7-9(6-15)20-14)13(19)10-4-3-5-11(16)12(10)17/h3-5,9H,6-8H2,1-2H3. The van der Waals surface area contributed by atoms with E-state index in [0.29, 0.717) is 18.4 Å². The number of carbonyl (C=O) groups is 1. The number of benzene rings is 1. The highest BCUT2D eigenvalue weighted by molar-refractivity contribution is 9.09. The minimum Gasteiger partial charge on any atom is -0.368 e. The van der Waals surface area contributed by atoms with E-state index in [1.54, 1.807) is 0 Å². The van der Waals surface area contributed by atoms with E-state index in [0.717, 1.165) is 6.07 Å². The van der Waals surface area contributed by atoms with Gasteiger partial charge in [0.25, 0.3) is 5.91 Å². The number of hydrogen-bond acceptors (Lipinski definition) is 2. The van der Waals surface area contributed by atoms with Gasteiger partial charge in [0.15, 0.2) is 11.6 Å². The molecule has 0 N–H and O–H groups in total. The van der Waals surface area contributed by atoms with Crippen LogP contribution >= 0.6 is 15.9 Å². The lowest BCUT2D eigenvalue weighted by Gasteiger charge is -2.42. The lowest BCUT2D eigenvalue weighted by molar-refractivity contribution is -0.116. The highest BCUT2D eigenvalue weighted by atomic mass is 79.9. The van der Waals surface area contributed by atoms with E-state index in [1.807, 2.05) is 13.8 Å². The largest absolute Gasteiger partial charge is 0.368 e. The molecule has 1 aromatic carbocycles. The molecule has 110 valence electrons. The maximum absolute atomic E-state index is 13.7. The van der Waals surface area contributed by atoms with Gasteiger partial charge in [0.05, 0.1) is 17.3 Å². The molecule has 1 unspecified atom stereocenters. The van der Waals surface area contributed by atoms with Crippen LogP contribution in [0.4, 0.5) is 8.78 Å². The Kier molecular flexibility index (Phi) is 4.44. The molecule has 20 heavy (non-hydrogen) atoms. The van der Waals surface area contributed by atoms with E-state index in [4.69, 9.17) is 4.74 Å². The van der Waals surface area contributed by atoms with Gasteiger partial charge in [0.1, 0.15) is 0 Å². The fraction of sp³-hybridized carbons (Fsp3) is 0.500. The van der Waals surface area contributed by atoms with Gasteiger partial charge in [0, 0.05) is 18.4 Å². The molecule has 6 heteroatoms. The Morgan fingerprint density at radius 3 is 2.85 bits per heavy atom. The predicted molar refractivity (Wildman–Crippen MR) is 75.0 cm³/mol. The molecule has 1 fully saturated rings. The number of rotatable bonds is 2. The highest BCUT2D eigenvalue weighted by Gasteiger charge is 2.36. The van der Waals surface area contributed by atoms with Crippen LogP contribution in [0.15, 0.2) is 18.2 Å². The van der Waals surface area contributed by atoms with Crippen molar-refractivity contribution < 1.29 is 18.3 Å². The number of morpholine rings is 1. The number of carbonyl (C=O) groups excluding carboxylic acids is 1. The first kappa shape index (κ1) is 15.4. The van der Waals surface area contributed by atoms with Crippen LogP contribution in [0.3, 0.4) is 0 Å². The first-order chi connectivity index (χ1) is 9.34. The van der Waals surface area contributed by atoms with Crippen LogP contribution in [0.25, 0.3) is 0 Å². The lowest BCUT2D eigenvalue weighted by Crippen LogP contribution is -2.55. The summed E-state index contributed by atoms with van der Waals surface area (Å²) in [6, 6.07) is 3.63. The third-order valence-corrected chi connectivity index (χ3v) is 3.84. The number of nitrogens with zero attached hydrogens (tertiary/aromatic N) is 1. The summed E-state index contributed by atoms with van der Waals surface area (Å²) in [5.41, 5.74) is -0.758. The molecule has 0 bridgehead atoms. The monoisotopic (exact) mass is 347 g/mol. The maximum atomic E-state index is 13.7. The van der Waals surface area contributed by atoms with Crippen LogP contribution in [0.2, 0.25) is 0 Å².